The highest BCUT2D eigenvalue weighted by Crippen LogP contribution is 2.32. The maximum absolute atomic E-state index is 10.9. The average Bonchev–Trinajstić information content (AvgIpc) is 2.33. The van der Waals surface area contributed by atoms with Crippen LogP contribution in [0.2, 0.25) is 0 Å². The van der Waals surface area contributed by atoms with Crippen LogP contribution in [-0.2, 0) is 4.74 Å². The summed E-state index contributed by atoms with van der Waals surface area (Å²) in [5.74, 6) is 0. The molecule has 0 radical (unpaired) electrons. The normalized spacial score (nSPS) is 19.9. The summed E-state index contributed by atoms with van der Waals surface area (Å²) in [4.78, 5) is 14.2. The third-order valence-corrected chi connectivity index (χ3v) is 3.19. The fourth-order valence-corrected chi connectivity index (χ4v) is 2.20. The van der Waals surface area contributed by atoms with Crippen molar-refractivity contribution in [1.29, 1.82) is 0 Å². The van der Waals surface area contributed by atoms with Crippen LogP contribution in [-0.4, -0.2) is 29.2 Å². The number of hydrogen-bond acceptors (Lipinski definition) is 5. The molecule has 0 spiro atoms. The number of nitro groups is 1. The van der Waals surface area contributed by atoms with Crippen LogP contribution in [0.15, 0.2) is 16.9 Å². The van der Waals surface area contributed by atoms with Crippen molar-refractivity contribution in [3.63, 3.8) is 0 Å². The summed E-state index contributed by atoms with van der Waals surface area (Å²) in [6.07, 6.45) is 4.70. The highest BCUT2D eigenvalue weighted by molar-refractivity contribution is 9.10. The molecule has 1 aromatic rings. The molecule has 0 bridgehead atoms. The van der Waals surface area contributed by atoms with Crippen molar-refractivity contribution >= 4 is 27.3 Å². The van der Waals surface area contributed by atoms with Crippen molar-refractivity contribution < 1.29 is 9.66 Å². The number of rotatable bonds is 3. The highest BCUT2D eigenvalue weighted by atomic mass is 79.9. The first-order valence-corrected chi connectivity index (χ1v) is 6.10. The van der Waals surface area contributed by atoms with E-state index in [0.29, 0.717) is 16.8 Å². The maximum atomic E-state index is 10.9. The third kappa shape index (κ3) is 2.92. The molecule has 1 aliphatic heterocycles. The van der Waals surface area contributed by atoms with Crippen LogP contribution in [0, 0.1) is 10.1 Å². The molecule has 1 unspecified atom stereocenters. The summed E-state index contributed by atoms with van der Waals surface area (Å²) in [6, 6.07) is 0.112. The number of nitrogens with one attached hydrogen (secondary N) is 1. The van der Waals surface area contributed by atoms with E-state index in [9.17, 15) is 10.1 Å². The summed E-state index contributed by atoms with van der Waals surface area (Å²) >= 11 is 3.27. The lowest BCUT2D eigenvalue weighted by molar-refractivity contribution is -0.384. The SMILES string of the molecule is O=[N+]([O-])c1cncc(Br)c1NC1CCCOC1. The Morgan fingerprint density at radius 3 is 3.06 bits per heavy atom. The molecule has 0 saturated carbocycles. The number of aromatic nitrogens is 1. The second-order valence-corrected chi connectivity index (χ2v) is 4.69. The maximum Gasteiger partial charge on any atom is 0.311 e. The lowest BCUT2D eigenvalue weighted by Crippen LogP contribution is -2.30. The highest BCUT2D eigenvalue weighted by Gasteiger charge is 2.21. The van der Waals surface area contributed by atoms with Crippen LogP contribution in [0.4, 0.5) is 11.4 Å². The molecule has 0 amide bonds. The lowest BCUT2D eigenvalue weighted by atomic mass is 10.1. The quantitative estimate of drug-likeness (QED) is 0.685. The monoisotopic (exact) mass is 301 g/mol. The van der Waals surface area contributed by atoms with Gasteiger partial charge in [-0.2, -0.15) is 0 Å². The van der Waals surface area contributed by atoms with Crippen LogP contribution in [0.5, 0.6) is 0 Å². The van der Waals surface area contributed by atoms with Crippen molar-refractivity contribution in [2.75, 3.05) is 18.5 Å². The number of hydrogen-bond donors (Lipinski definition) is 1. The van der Waals surface area contributed by atoms with Crippen molar-refractivity contribution in [1.82, 2.24) is 4.98 Å². The van der Waals surface area contributed by atoms with E-state index >= 15 is 0 Å². The van der Waals surface area contributed by atoms with E-state index < -0.39 is 4.92 Å². The van der Waals surface area contributed by atoms with E-state index in [2.05, 4.69) is 26.2 Å². The number of ether oxygens (including phenoxy) is 1. The van der Waals surface area contributed by atoms with E-state index in [1.54, 1.807) is 6.20 Å². The predicted octanol–water partition coefficient (Wildman–Crippen LogP) is 2.34. The van der Waals surface area contributed by atoms with Crippen LogP contribution in [0.25, 0.3) is 0 Å². The van der Waals surface area contributed by atoms with Crippen LogP contribution < -0.4 is 5.32 Å². The molecule has 6 nitrogen and oxygen atoms in total. The third-order valence-electron chi connectivity index (χ3n) is 2.59. The van der Waals surface area contributed by atoms with Gasteiger partial charge in [-0.1, -0.05) is 0 Å². The summed E-state index contributed by atoms with van der Waals surface area (Å²) < 4.78 is 5.93. The largest absolute Gasteiger partial charge is 0.379 e. The zero-order valence-corrected chi connectivity index (χ0v) is 10.6. The van der Waals surface area contributed by atoms with Crippen molar-refractivity contribution in [2.45, 2.75) is 18.9 Å². The molecular weight excluding hydrogens is 290 g/mol. The Morgan fingerprint density at radius 2 is 2.41 bits per heavy atom. The molecule has 1 fully saturated rings. The van der Waals surface area contributed by atoms with E-state index in [1.165, 1.54) is 6.20 Å². The van der Waals surface area contributed by atoms with Crippen molar-refractivity contribution in [3.8, 4) is 0 Å². The summed E-state index contributed by atoms with van der Waals surface area (Å²) in [5.41, 5.74) is 0.449. The number of pyridine rings is 1. The van der Waals surface area contributed by atoms with Crippen molar-refractivity contribution in [3.05, 3.63) is 27.0 Å². The van der Waals surface area contributed by atoms with Crippen molar-refractivity contribution in [2.24, 2.45) is 0 Å². The summed E-state index contributed by atoms with van der Waals surface area (Å²) in [6.45, 7) is 1.34. The number of anilines is 1. The summed E-state index contributed by atoms with van der Waals surface area (Å²) in [5, 5.41) is 14.0. The molecule has 2 rings (SSSR count). The molecule has 1 N–H and O–H groups in total. The van der Waals surface area contributed by atoms with Crippen LogP contribution in [0.3, 0.4) is 0 Å². The minimum Gasteiger partial charge on any atom is -0.379 e. The van der Waals surface area contributed by atoms with Gasteiger partial charge in [0.2, 0.25) is 0 Å². The van der Waals surface area contributed by atoms with Gasteiger partial charge in [-0.3, -0.25) is 15.1 Å². The Labute approximate surface area is 107 Å². The van der Waals surface area contributed by atoms with Gasteiger partial charge in [0.05, 0.1) is 16.0 Å². The zero-order valence-electron chi connectivity index (χ0n) is 9.06. The van der Waals surface area contributed by atoms with Gasteiger partial charge < -0.3 is 10.1 Å². The molecule has 1 aromatic heterocycles. The second kappa shape index (κ2) is 5.42. The molecule has 1 saturated heterocycles. The Kier molecular flexibility index (Phi) is 3.90. The molecule has 92 valence electrons. The first-order valence-electron chi connectivity index (χ1n) is 5.30. The van der Waals surface area contributed by atoms with Gasteiger partial charge in [0.15, 0.2) is 0 Å². The average molecular weight is 302 g/mol. The van der Waals surface area contributed by atoms with E-state index in [1.807, 2.05) is 0 Å². The van der Waals surface area contributed by atoms with E-state index in [-0.39, 0.29) is 11.7 Å². The minimum atomic E-state index is -0.441. The first kappa shape index (κ1) is 12.3. The first-order chi connectivity index (χ1) is 8.18. The number of nitrogens with zero attached hydrogens (tertiary/aromatic N) is 2. The van der Waals surface area contributed by atoms with Gasteiger partial charge in [0.1, 0.15) is 11.9 Å². The van der Waals surface area contributed by atoms with Gasteiger partial charge in [-0.25, -0.2) is 0 Å². The molecule has 0 aliphatic carbocycles. The van der Waals surface area contributed by atoms with Gasteiger partial charge in [0.25, 0.3) is 0 Å². The molecule has 1 aliphatic rings. The standard InChI is InChI=1S/C10H12BrN3O3/c11-8-4-12-5-9(14(15)16)10(8)13-7-2-1-3-17-6-7/h4-5,7H,1-3,6H2,(H,12,13). The fourth-order valence-electron chi connectivity index (χ4n) is 1.76. The minimum absolute atomic E-state index is 0.0232. The van der Waals surface area contributed by atoms with Gasteiger partial charge in [-0.15, -0.1) is 0 Å². The van der Waals surface area contributed by atoms with Crippen LogP contribution in [0.1, 0.15) is 12.8 Å². The second-order valence-electron chi connectivity index (χ2n) is 3.83. The molecular formula is C10H12BrN3O3. The predicted molar refractivity (Wildman–Crippen MR) is 66.1 cm³/mol. The van der Waals surface area contributed by atoms with Gasteiger partial charge in [0, 0.05) is 18.8 Å². The Hall–Kier alpha value is -1.21. The molecule has 7 heteroatoms. The smallest absolute Gasteiger partial charge is 0.311 e. The van der Waals surface area contributed by atoms with Gasteiger partial charge in [-0.05, 0) is 28.8 Å². The molecule has 17 heavy (non-hydrogen) atoms. The Balaban J connectivity index is 2.21. The zero-order chi connectivity index (χ0) is 12.3. The molecule has 2 heterocycles. The van der Waals surface area contributed by atoms with E-state index in [4.69, 9.17) is 4.74 Å². The number of halogens is 1. The Morgan fingerprint density at radius 1 is 1.59 bits per heavy atom. The Bertz CT molecular complexity index is 421. The lowest BCUT2D eigenvalue weighted by Gasteiger charge is -2.24. The molecule has 0 aromatic carbocycles. The van der Waals surface area contributed by atoms with Crippen LogP contribution >= 0.6 is 15.9 Å². The van der Waals surface area contributed by atoms with Gasteiger partial charge >= 0.3 is 5.69 Å². The van der Waals surface area contributed by atoms with E-state index in [0.717, 1.165) is 19.4 Å². The fraction of sp³-hybridized carbons (Fsp3) is 0.500. The molecule has 1 atom stereocenters. The summed E-state index contributed by atoms with van der Waals surface area (Å²) in [7, 11) is 0. The topological polar surface area (TPSA) is 77.3 Å².